The molecule has 0 bridgehead atoms. The second kappa shape index (κ2) is 4.59. The molecule has 1 fully saturated rings. The molecule has 1 aromatic rings. The predicted molar refractivity (Wildman–Crippen MR) is 65.4 cm³/mol. The van der Waals surface area contributed by atoms with Crippen molar-refractivity contribution in [1.29, 1.82) is 0 Å². The van der Waals surface area contributed by atoms with Crippen molar-refractivity contribution >= 4 is 15.8 Å². The number of hydrogen-bond acceptors (Lipinski definition) is 5. The highest BCUT2D eigenvalue weighted by atomic mass is 32.2. The van der Waals surface area contributed by atoms with Crippen molar-refractivity contribution in [2.75, 3.05) is 32.5 Å². The lowest BCUT2D eigenvalue weighted by atomic mass is 10.2. The van der Waals surface area contributed by atoms with Gasteiger partial charge < -0.3 is 10.6 Å². The lowest BCUT2D eigenvalue weighted by Crippen LogP contribution is -2.51. The molecule has 0 aromatic carbocycles. The van der Waals surface area contributed by atoms with E-state index in [4.69, 9.17) is 0 Å². The van der Waals surface area contributed by atoms with E-state index < -0.39 is 10.0 Å². The highest BCUT2D eigenvalue weighted by molar-refractivity contribution is 7.89. The molecule has 0 amide bonds. The monoisotopic (exact) mass is 256 g/mol. The van der Waals surface area contributed by atoms with E-state index in [9.17, 15) is 8.42 Å². The number of sulfonamides is 1. The van der Waals surface area contributed by atoms with Gasteiger partial charge in [0.1, 0.15) is 10.7 Å². The number of nitrogens with one attached hydrogen (secondary N) is 2. The molecular formula is C10H16N4O2S. The van der Waals surface area contributed by atoms with Gasteiger partial charge in [0, 0.05) is 33.4 Å². The maximum absolute atomic E-state index is 11.8. The van der Waals surface area contributed by atoms with Crippen LogP contribution in [-0.4, -0.2) is 50.9 Å². The molecule has 7 heteroatoms. The summed E-state index contributed by atoms with van der Waals surface area (Å²) in [6, 6.07) is 3.64. The van der Waals surface area contributed by atoms with Gasteiger partial charge in [-0.1, -0.05) is 0 Å². The lowest BCUT2D eigenvalue weighted by Gasteiger charge is -2.28. The van der Waals surface area contributed by atoms with Gasteiger partial charge in [-0.2, -0.15) is 0 Å². The van der Waals surface area contributed by atoms with Crippen molar-refractivity contribution in [2.24, 2.45) is 0 Å². The first-order chi connectivity index (χ1) is 8.00. The zero-order chi connectivity index (χ0) is 12.5. The van der Waals surface area contributed by atoms with Crippen LogP contribution in [0.3, 0.4) is 0 Å². The number of hydrogen-bond donors (Lipinski definition) is 2. The largest absolute Gasteiger partial charge is 0.365 e. The van der Waals surface area contributed by atoms with Crippen LogP contribution in [0.25, 0.3) is 0 Å². The molecule has 0 saturated carbocycles. The van der Waals surface area contributed by atoms with Crippen molar-refractivity contribution in [1.82, 2.24) is 14.6 Å². The van der Waals surface area contributed by atoms with Gasteiger partial charge in [-0.05, 0) is 12.1 Å². The number of pyridine rings is 1. The topological polar surface area (TPSA) is 74.3 Å². The Bertz CT molecular complexity index is 480. The van der Waals surface area contributed by atoms with E-state index >= 15 is 0 Å². The Hall–Kier alpha value is -1.18. The van der Waals surface area contributed by atoms with Gasteiger partial charge in [-0.25, -0.2) is 17.7 Å². The van der Waals surface area contributed by atoms with Crippen LogP contribution >= 0.6 is 0 Å². The zero-order valence-electron chi connectivity index (χ0n) is 9.84. The van der Waals surface area contributed by atoms with E-state index in [1.807, 2.05) is 0 Å². The van der Waals surface area contributed by atoms with Crippen LogP contribution in [0, 0.1) is 0 Å². The summed E-state index contributed by atoms with van der Waals surface area (Å²) >= 11 is 0. The number of anilines is 1. The SMILES string of the molecule is CN(C)S(=O)(=O)c1ccc(NC2CNC2)nc1. The molecule has 2 N–H and O–H groups in total. The molecule has 6 nitrogen and oxygen atoms in total. The molecule has 94 valence electrons. The molecule has 1 aliphatic rings. The first kappa shape index (κ1) is 12.3. The summed E-state index contributed by atoms with van der Waals surface area (Å²) in [6.45, 7) is 1.83. The fourth-order valence-corrected chi connectivity index (χ4v) is 2.28. The summed E-state index contributed by atoms with van der Waals surface area (Å²) < 4.78 is 24.8. The van der Waals surface area contributed by atoms with Gasteiger partial charge >= 0.3 is 0 Å². The lowest BCUT2D eigenvalue weighted by molar-refractivity contribution is 0.471. The molecule has 0 unspecified atom stereocenters. The third-order valence-electron chi connectivity index (χ3n) is 2.65. The van der Waals surface area contributed by atoms with E-state index in [1.54, 1.807) is 12.1 Å². The first-order valence-corrected chi connectivity index (χ1v) is 6.80. The molecule has 0 atom stereocenters. The summed E-state index contributed by atoms with van der Waals surface area (Å²) in [5.41, 5.74) is 0. The third kappa shape index (κ3) is 2.56. The Morgan fingerprint density at radius 1 is 1.41 bits per heavy atom. The minimum absolute atomic E-state index is 0.208. The quantitative estimate of drug-likeness (QED) is 0.775. The van der Waals surface area contributed by atoms with Crippen molar-refractivity contribution in [3.63, 3.8) is 0 Å². The number of aromatic nitrogens is 1. The minimum Gasteiger partial charge on any atom is -0.365 e. The Kier molecular flexibility index (Phi) is 3.32. The molecule has 17 heavy (non-hydrogen) atoms. The predicted octanol–water partition coefficient (Wildman–Crippen LogP) is -0.284. The molecule has 1 aromatic heterocycles. The highest BCUT2D eigenvalue weighted by Crippen LogP contribution is 2.14. The van der Waals surface area contributed by atoms with E-state index in [0.717, 1.165) is 13.1 Å². The Labute approximate surface area is 101 Å². The molecule has 0 aliphatic carbocycles. The first-order valence-electron chi connectivity index (χ1n) is 5.36. The van der Waals surface area contributed by atoms with E-state index in [0.29, 0.717) is 11.9 Å². The van der Waals surface area contributed by atoms with Crippen LogP contribution in [0.2, 0.25) is 0 Å². The van der Waals surface area contributed by atoms with Gasteiger partial charge in [0.05, 0.1) is 6.04 Å². The van der Waals surface area contributed by atoms with Crippen LogP contribution in [0.4, 0.5) is 5.82 Å². The Morgan fingerprint density at radius 3 is 2.53 bits per heavy atom. The smallest absolute Gasteiger partial charge is 0.244 e. The number of nitrogens with zero attached hydrogens (tertiary/aromatic N) is 2. The average Bonchev–Trinajstić information content (AvgIpc) is 2.24. The second-order valence-electron chi connectivity index (χ2n) is 4.17. The highest BCUT2D eigenvalue weighted by Gasteiger charge is 2.19. The van der Waals surface area contributed by atoms with Crippen LogP contribution < -0.4 is 10.6 Å². The standard InChI is InChI=1S/C10H16N4O2S/c1-14(2)17(15,16)9-3-4-10(12-7-9)13-8-5-11-6-8/h3-4,7-8,11H,5-6H2,1-2H3,(H,12,13). The second-order valence-corrected chi connectivity index (χ2v) is 6.32. The minimum atomic E-state index is -3.38. The van der Waals surface area contributed by atoms with Crippen molar-refractivity contribution in [2.45, 2.75) is 10.9 Å². The molecule has 1 aliphatic heterocycles. The molecule has 0 spiro atoms. The Balaban J connectivity index is 2.12. The maximum Gasteiger partial charge on any atom is 0.244 e. The van der Waals surface area contributed by atoms with Crippen LogP contribution in [0.15, 0.2) is 23.2 Å². The van der Waals surface area contributed by atoms with Gasteiger partial charge in [-0.15, -0.1) is 0 Å². The average molecular weight is 256 g/mol. The van der Waals surface area contributed by atoms with E-state index in [2.05, 4.69) is 15.6 Å². The maximum atomic E-state index is 11.8. The van der Waals surface area contributed by atoms with Crippen LogP contribution in [-0.2, 0) is 10.0 Å². The molecular weight excluding hydrogens is 240 g/mol. The van der Waals surface area contributed by atoms with Gasteiger partial charge in [-0.3, -0.25) is 0 Å². The summed E-state index contributed by atoms with van der Waals surface area (Å²) in [7, 11) is -0.380. The van der Waals surface area contributed by atoms with Crippen LogP contribution in [0.1, 0.15) is 0 Å². The molecule has 2 heterocycles. The van der Waals surface area contributed by atoms with E-state index in [1.165, 1.54) is 24.6 Å². The normalized spacial score (nSPS) is 16.9. The number of rotatable bonds is 4. The van der Waals surface area contributed by atoms with E-state index in [-0.39, 0.29) is 4.90 Å². The molecule has 0 radical (unpaired) electrons. The zero-order valence-corrected chi connectivity index (χ0v) is 10.7. The Morgan fingerprint density at radius 2 is 2.12 bits per heavy atom. The van der Waals surface area contributed by atoms with Gasteiger partial charge in [0.15, 0.2) is 0 Å². The third-order valence-corrected chi connectivity index (χ3v) is 4.45. The van der Waals surface area contributed by atoms with Gasteiger partial charge in [0.2, 0.25) is 10.0 Å². The summed E-state index contributed by atoms with van der Waals surface area (Å²) in [5, 5.41) is 6.34. The summed E-state index contributed by atoms with van der Waals surface area (Å²) in [4.78, 5) is 4.31. The van der Waals surface area contributed by atoms with Crippen molar-refractivity contribution in [3.05, 3.63) is 18.3 Å². The summed E-state index contributed by atoms with van der Waals surface area (Å²) in [5.74, 6) is 0.703. The van der Waals surface area contributed by atoms with Crippen LogP contribution in [0.5, 0.6) is 0 Å². The van der Waals surface area contributed by atoms with Gasteiger partial charge in [0.25, 0.3) is 0 Å². The summed E-state index contributed by atoms with van der Waals surface area (Å²) in [6.07, 6.45) is 1.38. The molecule has 2 rings (SSSR count). The van der Waals surface area contributed by atoms with Crippen molar-refractivity contribution < 1.29 is 8.42 Å². The fourth-order valence-electron chi connectivity index (χ4n) is 1.43. The molecule has 1 saturated heterocycles. The fraction of sp³-hybridized carbons (Fsp3) is 0.500. The van der Waals surface area contributed by atoms with Crippen molar-refractivity contribution in [3.8, 4) is 0 Å².